The maximum atomic E-state index is 13.5. The van der Waals surface area contributed by atoms with Crippen molar-refractivity contribution in [2.24, 2.45) is 5.92 Å². The van der Waals surface area contributed by atoms with Gasteiger partial charge in [-0.1, -0.05) is 41.9 Å². The van der Waals surface area contributed by atoms with Crippen LogP contribution in [0.5, 0.6) is 5.75 Å². The Bertz CT molecular complexity index is 1110. The summed E-state index contributed by atoms with van der Waals surface area (Å²) in [5.41, 5.74) is 1.15. The molecule has 2 aromatic carbocycles. The van der Waals surface area contributed by atoms with Crippen LogP contribution in [0.1, 0.15) is 33.3 Å². The average molecular weight is 569 g/mol. The lowest BCUT2D eigenvalue weighted by Gasteiger charge is -2.31. The fraction of sp³-hybridized carbons (Fsp3) is 0.440. The van der Waals surface area contributed by atoms with Crippen molar-refractivity contribution in [3.63, 3.8) is 0 Å². The summed E-state index contributed by atoms with van der Waals surface area (Å²) in [4.78, 5) is 27.8. The molecule has 0 saturated carbocycles. The van der Waals surface area contributed by atoms with E-state index in [-0.39, 0.29) is 18.4 Å². The van der Waals surface area contributed by atoms with Crippen LogP contribution in [0, 0.1) is 5.92 Å². The number of hydrogen-bond donors (Lipinski definition) is 1. The zero-order chi connectivity index (χ0) is 26.2. The molecule has 0 aliphatic heterocycles. The Balaban J connectivity index is 2.35. The minimum absolute atomic E-state index is 0.148. The van der Waals surface area contributed by atoms with Crippen molar-refractivity contribution in [2.45, 2.75) is 40.3 Å². The lowest BCUT2D eigenvalue weighted by Crippen LogP contribution is -2.51. The van der Waals surface area contributed by atoms with Gasteiger partial charge in [-0.25, -0.2) is 8.42 Å². The molecule has 2 amide bonds. The van der Waals surface area contributed by atoms with Crippen LogP contribution < -0.4 is 14.4 Å². The Morgan fingerprint density at radius 2 is 1.74 bits per heavy atom. The van der Waals surface area contributed by atoms with Crippen LogP contribution in [-0.4, -0.2) is 57.1 Å². The number of carbonyl (C=O) groups is 2. The summed E-state index contributed by atoms with van der Waals surface area (Å²) in [5.74, 6) is 0.0639. The first-order chi connectivity index (χ1) is 16.4. The molecule has 192 valence electrons. The first kappa shape index (κ1) is 28.6. The number of rotatable bonds is 12. The van der Waals surface area contributed by atoms with Crippen molar-refractivity contribution >= 4 is 43.5 Å². The third kappa shape index (κ3) is 8.85. The quantitative estimate of drug-likeness (QED) is 0.420. The molecule has 0 bridgehead atoms. The van der Waals surface area contributed by atoms with Crippen LogP contribution in [0.2, 0.25) is 0 Å². The number of hydrogen-bond acceptors (Lipinski definition) is 5. The molecule has 0 fully saturated rings. The van der Waals surface area contributed by atoms with E-state index in [1.807, 2.05) is 45.0 Å². The Hall–Kier alpha value is -2.59. The van der Waals surface area contributed by atoms with Gasteiger partial charge in [-0.2, -0.15) is 0 Å². The molecule has 10 heteroatoms. The average Bonchev–Trinajstić information content (AvgIpc) is 2.79. The SMILES string of the molecule is CCOc1ccc(N(CC(=O)N(Cc2cccc(Br)c2)C(C)C(=O)NCC(C)C)S(C)(=O)=O)cc1. The van der Waals surface area contributed by atoms with Gasteiger partial charge in [0.05, 0.1) is 18.6 Å². The minimum Gasteiger partial charge on any atom is -0.494 e. The van der Waals surface area contributed by atoms with Crippen LogP contribution in [0.4, 0.5) is 5.69 Å². The second-order valence-corrected chi connectivity index (χ2v) is 11.5. The Labute approximate surface area is 216 Å². The van der Waals surface area contributed by atoms with E-state index in [0.717, 1.165) is 20.6 Å². The molecule has 8 nitrogen and oxygen atoms in total. The highest BCUT2D eigenvalue weighted by molar-refractivity contribution is 9.10. The second kappa shape index (κ2) is 12.9. The number of benzene rings is 2. The predicted octanol–water partition coefficient (Wildman–Crippen LogP) is 3.80. The zero-order valence-electron chi connectivity index (χ0n) is 20.8. The van der Waals surface area contributed by atoms with Gasteiger partial charge >= 0.3 is 0 Å². The van der Waals surface area contributed by atoms with Crippen LogP contribution in [0.3, 0.4) is 0 Å². The summed E-state index contributed by atoms with van der Waals surface area (Å²) in [6, 6.07) is 13.1. The molecule has 0 aliphatic carbocycles. The highest BCUT2D eigenvalue weighted by Crippen LogP contribution is 2.23. The Kier molecular flexibility index (Phi) is 10.6. The molecule has 0 radical (unpaired) electrons. The summed E-state index contributed by atoms with van der Waals surface area (Å²) < 4.78 is 32.6. The summed E-state index contributed by atoms with van der Waals surface area (Å²) >= 11 is 3.43. The molecule has 1 unspecified atom stereocenters. The van der Waals surface area contributed by atoms with E-state index in [2.05, 4.69) is 21.2 Å². The maximum Gasteiger partial charge on any atom is 0.244 e. The van der Waals surface area contributed by atoms with Crippen LogP contribution in [0.25, 0.3) is 0 Å². The van der Waals surface area contributed by atoms with E-state index in [1.165, 1.54) is 4.90 Å². The topological polar surface area (TPSA) is 96.0 Å². The Morgan fingerprint density at radius 3 is 2.29 bits per heavy atom. The van der Waals surface area contributed by atoms with Crippen molar-refractivity contribution < 1.29 is 22.7 Å². The van der Waals surface area contributed by atoms with Gasteiger partial charge in [0.1, 0.15) is 18.3 Å². The van der Waals surface area contributed by atoms with Gasteiger partial charge in [0.2, 0.25) is 21.8 Å². The first-order valence-electron chi connectivity index (χ1n) is 11.4. The first-order valence-corrected chi connectivity index (χ1v) is 14.1. The number of carbonyl (C=O) groups excluding carboxylic acids is 2. The zero-order valence-corrected chi connectivity index (χ0v) is 23.2. The molecule has 0 saturated heterocycles. The molecule has 2 rings (SSSR count). The molecular formula is C25H34BrN3O5S. The molecule has 0 aliphatic rings. The van der Waals surface area contributed by atoms with Gasteiger partial charge < -0.3 is 15.0 Å². The maximum absolute atomic E-state index is 13.5. The molecule has 0 heterocycles. The normalized spacial score (nSPS) is 12.2. The molecule has 2 aromatic rings. The van der Waals surface area contributed by atoms with E-state index in [0.29, 0.717) is 24.6 Å². The van der Waals surface area contributed by atoms with Crippen molar-refractivity contribution in [3.05, 3.63) is 58.6 Å². The third-order valence-electron chi connectivity index (χ3n) is 5.21. The number of halogens is 1. The smallest absolute Gasteiger partial charge is 0.244 e. The fourth-order valence-corrected chi connectivity index (χ4v) is 4.65. The summed E-state index contributed by atoms with van der Waals surface area (Å²) in [6.45, 7) is 8.13. The van der Waals surface area contributed by atoms with E-state index < -0.39 is 28.5 Å². The molecular weight excluding hydrogens is 534 g/mol. The number of anilines is 1. The Morgan fingerprint density at radius 1 is 1.09 bits per heavy atom. The fourth-order valence-electron chi connectivity index (χ4n) is 3.36. The number of nitrogens with one attached hydrogen (secondary N) is 1. The van der Waals surface area contributed by atoms with Crippen LogP contribution >= 0.6 is 15.9 Å². The summed E-state index contributed by atoms with van der Waals surface area (Å²) in [7, 11) is -3.78. The van der Waals surface area contributed by atoms with Crippen molar-refractivity contribution in [2.75, 3.05) is 30.3 Å². The van der Waals surface area contributed by atoms with E-state index in [9.17, 15) is 18.0 Å². The van der Waals surface area contributed by atoms with Gasteiger partial charge in [0, 0.05) is 17.6 Å². The van der Waals surface area contributed by atoms with Gasteiger partial charge in [-0.3, -0.25) is 13.9 Å². The third-order valence-corrected chi connectivity index (χ3v) is 6.84. The summed E-state index contributed by atoms with van der Waals surface area (Å²) in [5, 5.41) is 2.86. The van der Waals surface area contributed by atoms with Gasteiger partial charge in [0.15, 0.2) is 0 Å². The molecule has 1 N–H and O–H groups in total. The molecule has 1 atom stereocenters. The predicted molar refractivity (Wildman–Crippen MR) is 142 cm³/mol. The van der Waals surface area contributed by atoms with E-state index >= 15 is 0 Å². The monoisotopic (exact) mass is 567 g/mol. The van der Waals surface area contributed by atoms with E-state index in [1.54, 1.807) is 31.2 Å². The standard InChI is InChI=1S/C25H34BrN3O5S/c1-6-34-23-12-10-22(11-13-23)29(35(5,32)33)17-24(30)28(16-20-8-7-9-21(26)14-20)19(4)25(31)27-15-18(2)3/h7-14,18-19H,6,15-17H2,1-5H3,(H,27,31). The molecule has 0 spiro atoms. The summed E-state index contributed by atoms with van der Waals surface area (Å²) in [6.07, 6.45) is 1.05. The molecule has 0 aromatic heterocycles. The minimum atomic E-state index is -3.78. The van der Waals surface area contributed by atoms with Crippen LogP contribution in [-0.2, 0) is 26.2 Å². The van der Waals surface area contributed by atoms with Gasteiger partial charge in [-0.05, 0) is 61.7 Å². The van der Waals surface area contributed by atoms with E-state index in [4.69, 9.17) is 4.74 Å². The highest BCUT2D eigenvalue weighted by Gasteiger charge is 2.30. The van der Waals surface area contributed by atoms with Gasteiger partial charge in [0.25, 0.3) is 0 Å². The largest absolute Gasteiger partial charge is 0.494 e. The number of ether oxygens (including phenoxy) is 1. The van der Waals surface area contributed by atoms with Crippen molar-refractivity contribution in [3.8, 4) is 5.75 Å². The van der Waals surface area contributed by atoms with Crippen molar-refractivity contribution in [1.82, 2.24) is 10.2 Å². The van der Waals surface area contributed by atoms with Gasteiger partial charge in [-0.15, -0.1) is 0 Å². The molecule has 35 heavy (non-hydrogen) atoms. The van der Waals surface area contributed by atoms with Crippen LogP contribution in [0.15, 0.2) is 53.0 Å². The lowest BCUT2D eigenvalue weighted by molar-refractivity contribution is -0.139. The highest BCUT2D eigenvalue weighted by atomic mass is 79.9. The second-order valence-electron chi connectivity index (χ2n) is 8.66. The van der Waals surface area contributed by atoms with Crippen molar-refractivity contribution in [1.29, 1.82) is 0 Å². The lowest BCUT2D eigenvalue weighted by atomic mass is 10.1. The number of sulfonamides is 1. The number of amides is 2. The number of nitrogens with zero attached hydrogens (tertiary/aromatic N) is 2.